The van der Waals surface area contributed by atoms with Crippen molar-refractivity contribution >= 4 is 23.4 Å². The van der Waals surface area contributed by atoms with Crippen molar-refractivity contribution < 1.29 is 22.8 Å². The lowest BCUT2D eigenvalue weighted by Gasteiger charge is -2.16. The molecule has 0 aromatic heterocycles. The van der Waals surface area contributed by atoms with Gasteiger partial charge in [0, 0.05) is 0 Å². The number of benzene rings is 2. The number of carbonyl (C=O) groups excluding carboxylic acids is 1. The van der Waals surface area contributed by atoms with Gasteiger partial charge in [-0.05, 0) is 30.3 Å². The standard InChI is InChI=1S/C14H9ClF3NO2/c15-19(21-13(20)10-5-2-1-3-6-10)12-8-4-7-11(9-12)14(16,17)18/h1-9H. The van der Waals surface area contributed by atoms with Crippen LogP contribution in [0.25, 0.3) is 0 Å². The molecule has 0 spiro atoms. The Labute approximate surface area is 123 Å². The molecule has 2 aromatic rings. The summed E-state index contributed by atoms with van der Waals surface area (Å²) in [6.07, 6.45) is -4.50. The molecule has 0 N–H and O–H groups in total. The number of nitrogens with zero attached hydrogens (tertiary/aromatic N) is 1. The summed E-state index contributed by atoms with van der Waals surface area (Å²) in [5.41, 5.74) is -0.757. The Balaban J connectivity index is 2.14. The minimum absolute atomic E-state index is 0.101. The lowest BCUT2D eigenvalue weighted by atomic mass is 10.2. The first-order valence-corrected chi connectivity index (χ1v) is 6.12. The van der Waals surface area contributed by atoms with Gasteiger partial charge in [-0.15, -0.1) is 4.58 Å². The molecular formula is C14H9ClF3NO2. The van der Waals surface area contributed by atoms with Gasteiger partial charge >= 0.3 is 12.1 Å². The molecule has 0 atom stereocenters. The van der Waals surface area contributed by atoms with E-state index in [0.29, 0.717) is 4.58 Å². The summed E-state index contributed by atoms with van der Waals surface area (Å²) in [5, 5.41) is 0. The minimum atomic E-state index is -4.50. The number of hydrogen-bond acceptors (Lipinski definition) is 3. The van der Waals surface area contributed by atoms with E-state index in [2.05, 4.69) is 0 Å². The second-order valence-electron chi connectivity index (χ2n) is 4.04. The maximum atomic E-state index is 12.6. The Bertz CT molecular complexity index is 632. The zero-order valence-electron chi connectivity index (χ0n) is 10.5. The molecule has 7 heteroatoms. The topological polar surface area (TPSA) is 29.5 Å². The molecule has 0 amide bonds. The van der Waals surface area contributed by atoms with Crippen LogP contribution < -0.4 is 4.58 Å². The van der Waals surface area contributed by atoms with E-state index in [1.807, 2.05) is 0 Å². The van der Waals surface area contributed by atoms with Gasteiger partial charge in [0.25, 0.3) is 0 Å². The van der Waals surface area contributed by atoms with Crippen molar-refractivity contribution in [1.29, 1.82) is 0 Å². The Morgan fingerprint density at radius 3 is 2.33 bits per heavy atom. The fraction of sp³-hybridized carbons (Fsp3) is 0.0714. The van der Waals surface area contributed by atoms with Crippen LogP contribution in [0.1, 0.15) is 15.9 Å². The number of halogens is 4. The summed E-state index contributed by atoms with van der Waals surface area (Å²) in [6, 6.07) is 12.1. The van der Waals surface area contributed by atoms with Crippen LogP contribution in [0.15, 0.2) is 54.6 Å². The van der Waals surface area contributed by atoms with Crippen LogP contribution >= 0.6 is 11.8 Å². The van der Waals surface area contributed by atoms with Crippen molar-refractivity contribution in [3.05, 3.63) is 65.7 Å². The number of anilines is 1. The van der Waals surface area contributed by atoms with E-state index >= 15 is 0 Å². The fourth-order valence-corrected chi connectivity index (χ4v) is 1.71. The predicted molar refractivity (Wildman–Crippen MR) is 71.6 cm³/mol. The molecule has 110 valence electrons. The molecule has 0 aliphatic rings. The zero-order chi connectivity index (χ0) is 15.5. The molecule has 3 nitrogen and oxygen atoms in total. The quantitative estimate of drug-likeness (QED) is 0.619. The molecule has 0 unspecified atom stereocenters. The van der Waals surface area contributed by atoms with Crippen molar-refractivity contribution in [3.8, 4) is 0 Å². The molecule has 0 saturated carbocycles. The van der Waals surface area contributed by atoms with Gasteiger partial charge < -0.3 is 4.84 Å². The molecule has 0 bridgehead atoms. The van der Waals surface area contributed by atoms with Crippen molar-refractivity contribution in [1.82, 2.24) is 0 Å². The molecule has 0 saturated heterocycles. The van der Waals surface area contributed by atoms with Gasteiger partial charge in [0.1, 0.15) is 0 Å². The molecular weight excluding hydrogens is 307 g/mol. The van der Waals surface area contributed by atoms with Crippen molar-refractivity contribution in [2.75, 3.05) is 4.58 Å². The zero-order valence-corrected chi connectivity index (χ0v) is 11.2. The van der Waals surface area contributed by atoms with Gasteiger partial charge in [-0.2, -0.15) is 13.2 Å². The third-order valence-electron chi connectivity index (χ3n) is 2.55. The molecule has 2 rings (SSSR count). The molecule has 0 fully saturated rings. The molecule has 0 aliphatic carbocycles. The predicted octanol–water partition coefficient (Wildman–Crippen LogP) is 4.44. The van der Waals surface area contributed by atoms with E-state index in [1.165, 1.54) is 24.3 Å². The van der Waals surface area contributed by atoms with E-state index in [9.17, 15) is 18.0 Å². The van der Waals surface area contributed by atoms with Crippen LogP contribution in [0.4, 0.5) is 18.9 Å². The second-order valence-corrected chi connectivity index (χ2v) is 4.34. The summed E-state index contributed by atoms with van der Waals surface area (Å²) >= 11 is 5.70. The smallest absolute Gasteiger partial charge is 0.320 e. The highest BCUT2D eigenvalue weighted by molar-refractivity contribution is 6.25. The number of hydrogen-bond donors (Lipinski definition) is 0. The third kappa shape index (κ3) is 3.88. The first-order chi connectivity index (χ1) is 9.88. The number of rotatable bonds is 3. The average Bonchev–Trinajstić information content (AvgIpc) is 2.47. The molecule has 21 heavy (non-hydrogen) atoms. The minimum Gasteiger partial charge on any atom is -0.320 e. The van der Waals surface area contributed by atoms with E-state index in [0.717, 1.165) is 12.1 Å². The van der Waals surface area contributed by atoms with Crippen LogP contribution in [0, 0.1) is 0 Å². The highest BCUT2D eigenvalue weighted by Crippen LogP contribution is 2.32. The highest BCUT2D eigenvalue weighted by atomic mass is 35.5. The third-order valence-corrected chi connectivity index (χ3v) is 2.81. The van der Waals surface area contributed by atoms with Crippen LogP contribution in [-0.2, 0) is 11.0 Å². The monoisotopic (exact) mass is 315 g/mol. The summed E-state index contributed by atoms with van der Waals surface area (Å²) in [6.45, 7) is 0. The summed E-state index contributed by atoms with van der Waals surface area (Å²) < 4.78 is 38.2. The molecule has 0 aliphatic heterocycles. The number of carbonyl (C=O) groups is 1. The molecule has 2 aromatic carbocycles. The van der Waals surface area contributed by atoms with Crippen LogP contribution in [0.2, 0.25) is 0 Å². The lowest BCUT2D eigenvalue weighted by molar-refractivity contribution is -0.137. The molecule has 0 radical (unpaired) electrons. The largest absolute Gasteiger partial charge is 0.416 e. The van der Waals surface area contributed by atoms with Crippen molar-refractivity contribution in [2.45, 2.75) is 6.18 Å². The van der Waals surface area contributed by atoms with Gasteiger partial charge in [-0.1, -0.05) is 24.3 Å². The van der Waals surface area contributed by atoms with E-state index in [-0.39, 0.29) is 11.3 Å². The van der Waals surface area contributed by atoms with E-state index in [4.69, 9.17) is 16.6 Å². The number of alkyl halides is 3. The van der Waals surface area contributed by atoms with Gasteiger partial charge in [0.15, 0.2) is 0 Å². The molecule has 0 heterocycles. The summed E-state index contributed by atoms with van der Waals surface area (Å²) in [4.78, 5) is 16.5. The van der Waals surface area contributed by atoms with Crippen LogP contribution in [0.5, 0.6) is 0 Å². The van der Waals surface area contributed by atoms with E-state index < -0.39 is 17.7 Å². The Hall–Kier alpha value is -2.21. The van der Waals surface area contributed by atoms with Crippen LogP contribution in [-0.4, -0.2) is 5.97 Å². The van der Waals surface area contributed by atoms with Gasteiger partial charge in [-0.3, -0.25) is 0 Å². The second kappa shape index (κ2) is 6.05. The average molecular weight is 316 g/mol. The van der Waals surface area contributed by atoms with Crippen molar-refractivity contribution in [3.63, 3.8) is 0 Å². The van der Waals surface area contributed by atoms with Gasteiger partial charge in [0.05, 0.1) is 28.6 Å². The highest BCUT2D eigenvalue weighted by Gasteiger charge is 2.31. The maximum absolute atomic E-state index is 12.6. The summed E-state index contributed by atoms with van der Waals surface area (Å²) in [7, 11) is 0. The van der Waals surface area contributed by atoms with E-state index in [1.54, 1.807) is 18.2 Å². The Kier molecular flexibility index (Phi) is 4.37. The van der Waals surface area contributed by atoms with Gasteiger partial charge in [0.2, 0.25) is 0 Å². The SMILES string of the molecule is O=C(ON(Cl)c1cccc(C(F)(F)F)c1)c1ccccc1. The maximum Gasteiger partial charge on any atom is 0.416 e. The van der Waals surface area contributed by atoms with Gasteiger partial charge in [-0.25, -0.2) is 4.79 Å². The van der Waals surface area contributed by atoms with Crippen molar-refractivity contribution in [2.24, 2.45) is 0 Å². The first kappa shape index (κ1) is 15.2. The first-order valence-electron chi connectivity index (χ1n) is 5.78. The summed E-state index contributed by atoms with van der Waals surface area (Å²) in [5.74, 6) is -0.775. The normalized spacial score (nSPS) is 11.0. The lowest BCUT2D eigenvalue weighted by Crippen LogP contribution is -2.18. The Morgan fingerprint density at radius 1 is 1.05 bits per heavy atom. The Morgan fingerprint density at radius 2 is 1.71 bits per heavy atom. The fourth-order valence-electron chi connectivity index (χ4n) is 1.54. The van der Waals surface area contributed by atoms with Crippen LogP contribution in [0.3, 0.4) is 0 Å².